The van der Waals surface area contributed by atoms with Crippen molar-refractivity contribution in [2.75, 3.05) is 19.7 Å². The summed E-state index contributed by atoms with van der Waals surface area (Å²) in [5.74, 6) is 0. The van der Waals surface area contributed by atoms with E-state index in [2.05, 4.69) is 37.9 Å². The van der Waals surface area contributed by atoms with Gasteiger partial charge in [0.2, 0.25) is 0 Å². The van der Waals surface area contributed by atoms with E-state index >= 15 is 0 Å². The Morgan fingerprint density at radius 3 is 2.44 bits per heavy atom. The van der Waals surface area contributed by atoms with Crippen molar-refractivity contribution in [2.45, 2.75) is 64.6 Å². The first kappa shape index (κ1) is 13.9. The Morgan fingerprint density at radius 1 is 1.44 bits per heavy atom. The van der Waals surface area contributed by atoms with Crippen LogP contribution in [0.2, 0.25) is 0 Å². The molecule has 0 aliphatic heterocycles. The van der Waals surface area contributed by atoms with Crippen molar-refractivity contribution in [3.05, 3.63) is 0 Å². The molecule has 16 heavy (non-hydrogen) atoms. The molecule has 1 atom stereocenters. The lowest BCUT2D eigenvalue weighted by atomic mass is 10.0. The lowest BCUT2D eigenvalue weighted by molar-refractivity contribution is 0.102. The molecule has 1 saturated carbocycles. The summed E-state index contributed by atoms with van der Waals surface area (Å²) >= 11 is 0. The topological polar surface area (TPSA) is 35.5 Å². The second-order valence-electron chi connectivity index (χ2n) is 5.70. The van der Waals surface area contributed by atoms with Gasteiger partial charge in [0, 0.05) is 18.6 Å². The molecule has 1 aliphatic rings. The minimum Gasteiger partial charge on any atom is -0.394 e. The molecule has 0 aromatic heterocycles. The molecule has 0 amide bonds. The Morgan fingerprint density at radius 2 is 2.06 bits per heavy atom. The van der Waals surface area contributed by atoms with Crippen LogP contribution < -0.4 is 5.32 Å². The highest BCUT2D eigenvalue weighted by Crippen LogP contribution is 2.23. The van der Waals surface area contributed by atoms with E-state index in [1.165, 1.54) is 19.3 Å². The summed E-state index contributed by atoms with van der Waals surface area (Å²) in [7, 11) is 0. The first-order valence-electron chi connectivity index (χ1n) is 6.63. The minimum absolute atomic E-state index is 0.138. The largest absolute Gasteiger partial charge is 0.394 e. The number of rotatable bonds is 8. The predicted octanol–water partition coefficient (Wildman–Crippen LogP) is 1.61. The monoisotopic (exact) mass is 228 g/mol. The zero-order valence-electron chi connectivity index (χ0n) is 11.3. The van der Waals surface area contributed by atoms with Crippen molar-refractivity contribution in [1.82, 2.24) is 10.2 Å². The van der Waals surface area contributed by atoms with Gasteiger partial charge in [-0.25, -0.2) is 0 Å². The fourth-order valence-corrected chi connectivity index (χ4v) is 2.12. The number of nitrogens with zero attached hydrogens (tertiary/aromatic N) is 1. The van der Waals surface area contributed by atoms with Crippen LogP contribution in [0.1, 0.15) is 47.0 Å². The van der Waals surface area contributed by atoms with Crippen molar-refractivity contribution in [1.29, 1.82) is 0 Å². The summed E-state index contributed by atoms with van der Waals surface area (Å²) in [4.78, 5) is 2.45. The smallest absolute Gasteiger partial charge is 0.0623 e. The van der Waals surface area contributed by atoms with Gasteiger partial charge in [-0.3, -0.25) is 4.90 Å². The molecule has 1 unspecified atom stereocenters. The van der Waals surface area contributed by atoms with Crippen LogP contribution in [0.5, 0.6) is 0 Å². The van der Waals surface area contributed by atoms with Crippen molar-refractivity contribution < 1.29 is 5.11 Å². The first-order chi connectivity index (χ1) is 7.50. The van der Waals surface area contributed by atoms with E-state index in [0.717, 1.165) is 13.1 Å². The number of aliphatic hydroxyl groups excluding tert-OH is 1. The Balaban J connectivity index is 2.49. The van der Waals surface area contributed by atoms with Gasteiger partial charge in [-0.2, -0.15) is 0 Å². The summed E-state index contributed by atoms with van der Waals surface area (Å²) in [6.07, 6.45) is 3.71. The van der Waals surface area contributed by atoms with Crippen molar-refractivity contribution >= 4 is 0 Å². The maximum atomic E-state index is 9.57. The summed E-state index contributed by atoms with van der Waals surface area (Å²) in [6, 6.07) is 1.19. The van der Waals surface area contributed by atoms with E-state index < -0.39 is 0 Å². The number of nitrogens with one attached hydrogen (secondary N) is 1. The highest BCUT2D eigenvalue weighted by atomic mass is 16.3. The molecule has 2 N–H and O–H groups in total. The Hall–Kier alpha value is -0.120. The third kappa shape index (κ3) is 4.40. The van der Waals surface area contributed by atoms with E-state index in [9.17, 15) is 5.11 Å². The molecule has 0 bridgehead atoms. The lowest BCUT2D eigenvalue weighted by Gasteiger charge is -2.37. The van der Waals surface area contributed by atoms with Gasteiger partial charge in [0.05, 0.1) is 12.1 Å². The van der Waals surface area contributed by atoms with Gasteiger partial charge in [-0.05, 0) is 46.6 Å². The molecule has 96 valence electrons. The Kier molecular flexibility index (Phi) is 5.22. The van der Waals surface area contributed by atoms with Gasteiger partial charge in [0.25, 0.3) is 0 Å². The van der Waals surface area contributed by atoms with Crippen LogP contribution in [0.15, 0.2) is 0 Å². The standard InChI is InChI=1S/C13H28N2O/c1-5-8-15(11(2)3)9-13(4,10-16)14-12-6-7-12/h11-12,14,16H,5-10H2,1-4H3. The molecule has 0 aromatic carbocycles. The van der Waals surface area contributed by atoms with Gasteiger partial charge in [0.15, 0.2) is 0 Å². The van der Waals surface area contributed by atoms with Crippen LogP contribution in [0.3, 0.4) is 0 Å². The minimum atomic E-state index is -0.138. The third-order valence-electron chi connectivity index (χ3n) is 3.27. The van der Waals surface area contributed by atoms with Crippen molar-refractivity contribution in [2.24, 2.45) is 0 Å². The van der Waals surface area contributed by atoms with Crippen molar-refractivity contribution in [3.8, 4) is 0 Å². The zero-order valence-corrected chi connectivity index (χ0v) is 11.3. The van der Waals surface area contributed by atoms with E-state index in [1.54, 1.807) is 0 Å². The third-order valence-corrected chi connectivity index (χ3v) is 3.27. The average Bonchev–Trinajstić information content (AvgIpc) is 3.01. The molecule has 0 radical (unpaired) electrons. The summed E-state index contributed by atoms with van der Waals surface area (Å²) in [6.45, 7) is 11.1. The van der Waals surface area contributed by atoms with Gasteiger partial charge in [-0.1, -0.05) is 6.92 Å². The highest BCUT2D eigenvalue weighted by Gasteiger charge is 2.33. The molecular weight excluding hydrogens is 200 g/mol. The maximum absolute atomic E-state index is 9.57. The van der Waals surface area contributed by atoms with Gasteiger partial charge in [0.1, 0.15) is 0 Å². The SMILES string of the molecule is CCCN(CC(C)(CO)NC1CC1)C(C)C. The molecule has 0 spiro atoms. The van der Waals surface area contributed by atoms with E-state index in [0.29, 0.717) is 12.1 Å². The number of hydrogen-bond donors (Lipinski definition) is 2. The fourth-order valence-electron chi connectivity index (χ4n) is 2.12. The van der Waals surface area contributed by atoms with Crippen LogP contribution in [0.25, 0.3) is 0 Å². The quantitative estimate of drug-likeness (QED) is 0.662. The first-order valence-corrected chi connectivity index (χ1v) is 6.63. The number of hydrogen-bond acceptors (Lipinski definition) is 3. The molecule has 3 heteroatoms. The molecule has 0 saturated heterocycles. The van der Waals surface area contributed by atoms with Gasteiger partial charge < -0.3 is 10.4 Å². The van der Waals surface area contributed by atoms with E-state index in [1.807, 2.05) is 0 Å². The van der Waals surface area contributed by atoms with Gasteiger partial charge >= 0.3 is 0 Å². The molecule has 3 nitrogen and oxygen atoms in total. The van der Waals surface area contributed by atoms with Crippen LogP contribution in [-0.4, -0.2) is 47.3 Å². The fraction of sp³-hybridized carbons (Fsp3) is 1.00. The maximum Gasteiger partial charge on any atom is 0.0623 e. The summed E-state index contributed by atoms with van der Waals surface area (Å²) in [5.41, 5.74) is -0.138. The van der Waals surface area contributed by atoms with E-state index in [-0.39, 0.29) is 12.1 Å². The molecule has 1 fully saturated rings. The summed E-state index contributed by atoms with van der Waals surface area (Å²) < 4.78 is 0. The zero-order chi connectivity index (χ0) is 12.2. The number of aliphatic hydroxyl groups is 1. The van der Waals surface area contributed by atoms with E-state index in [4.69, 9.17) is 0 Å². The second-order valence-corrected chi connectivity index (χ2v) is 5.70. The average molecular weight is 228 g/mol. The highest BCUT2D eigenvalue weighted by molar-refractivity contribution is 4.94. The van der Waals surface area contributed by atoms with Crippen LogP contribution >= 0.6 is 0 Å². The summed E-state index contributed by atoms with van der Waals surface area (Å²) in [5, 5.41) is 13.1. The molecule has 0 aromatic rings. The molecule has 0 heterocycles. The molecule has 1 rings (SSSR count). The van der Waals surface area contributed by atoms with Crippen molar-refractivity contribution in [3.63, 3.8) is 0 Å². The van der Waals surface area contributed by atoms with Gasteiger partial charge in [-0.15, -0.1) is 0 Å². The van der Waals surface area contributed by atoms with Crippen LogP contribution in [0.4, 0.5) is 0 Å². The second kappa shape index (κ2) is 5.99. The van der Waals surface area contributed by atoms with Crippen LogP contribution in [-0.2, 0) is 0 Å². The molecular formula is C13H28N2O. The predicted molar refractivity (Wildman–Crippen MR) is 68.6 cm³/mol. The normalized spacial score (nSPS) is 20.4. The molecule has 1 aliphatic carbocycles. The van der Waals surface area contributed by atoms with Crippen LogP contribution in [0, 0.1) is 0 Å². The lowest BCUT2D eigenvalue weighted by Crippen LogP contribution is -2.56. The Labute approximate surface area is 100 Å². The Bertz CT molecular complexity index is 204.